The molecule has 1 aliphatic heterocycles. The monoisotopic (exact) mass is 346 g/mol. The van der Waals surface area contributed by atoms with Crippen LogP contribution in [0.3, 0.4) is 0 Å². The van der Waals surface area contributed by atoms with Crippen molar-refractivity contribution >= 4 is 11.6 Å². The van der Waals surface area contributed by atoms with Crippen molar-refractivity contribution in [3.63, 3.8) is 0 Å². The standard InChI is InChI=1S/C15H17F3N2O4/c1-9-8-14(22,15(16,17)18)20(19-9)13(21)10(2)24-12-6-4-11(23-3)5-7-12/h4-7,10,22H,8H2,1-3H3/t10-,14+/m1/s1. The van der Waals surface area contributed by atoms with E-state index in [1.165, 1.54) is 33.1 Å². The molecular weight excluding hydrogens is 329 g/mol. The van der Waals surface area contributed by atoms with E-state index in [2.05, 4.69) is 5.10 Å². The van der Waals surface area contributed by atoms with Crippen LogP contribution in [0.5, 0.6) is 11.5 Å². The van der Waals surface area contributed by atoms with Gasteiger partial charge in [-0.3, -0.25) is 4.79 Å². The maximum atomic E-state index is 13.1. The maximum Gasteiger partial charge on any atom is 0.438 e. The summed E-state index contributed by atoms with van der Waals surface area (Å²) in [5, 5.41) is 13.5. The number of benzene rings is 1. The molecule has 0 unspecified atom stereocenters. The highest BCUT2D eigenvalue weighted by Gasteiger charge is 2.63. The number of halogens is 3. The summed E-state index contributed by atoms with van der Waals surface area (Å²) in [7, 11) is 1.48. The molecular formula is C15H17F3N2O4. The quantitative estimate of drug-likeness (QED) is 0.908. The fourth-order valence-electron chi connectivity index (χ4n) is 2.25. The summed E-state index contributed by atoms with van der Waals surface area (Å²) < 4.78 is 49.7. The predicted molar refractivity (Wildman–Crippen MR) is 78.7 cm³/mol. The third-order valence-electron chi connectivity index (χ3n) is 3.51. The second kappa shape index (κ2) is 6.31. The van der Waals surface area contributed by atoms with Crippen molar-refractivity contribution < 1.29 is 32.5 Å². The molecule has 0 fully saturated rings. The van der Waals surface area contributed by atoms with E-state index in [1.54, 1.807) is 12.1 Å². The SMILES string of the molecule is COc1ccc(O[C@H](C)C(=O)N2N=C(C)C[C@]2(O)C(F)(F)F)cc1. The molecule has 1 aromatic rings. The van der Waals surface area contributed by atoms with Crippen LogP contribution in [0.4, 0.5) is 13.2 Å². The Morgan fingerprint density at radius 2 is 1.88 bits per heavy atom. The number of nitrogens with zero attached hydrogens (tertiary/aromatic N) is 2. The molecule has 0 aliphatic carbocycles. The van der Waals surface area contributed by atoms with Crippen molar-refractivity contribution in [1.82, 2.24) is 5.01 Å². The van der Waals surface area contributed by atoms with Gasteiger partial charge in [0.15, 0.2) is 6.10 Å². The Balaban J connectivity index is 2.16. The van der Waals surface area contributed by atoms with Crippen LogP contribution >= 0.6 is 0 Å². The lowest BCUT2D eigenvalue weighted by atomic mass is 10.1. The van der Waals surface area contributed by atoms with Gasteiger partial charge in [-0.15, -0.1) is 0 Å². The van der Waals surface area contributed by atoms with E-state index in [0.29, 0.717) is 5.75 Å². The molecule has 132 valence electrons. The molecule has 24 heavy (non-hydrogen) atoms. The number of hydrogen-bond donors (Lipinski definition) is 1. The molecule has 1 aliphatic rings. The summed E-state index contributed by atoms with van der Waals surface area (Å²) in [5.74, 6) is -0.262. The number of rotatable bonds is 4. The highest BCUT2D eigenvalue weighted by atomic mass is 19.4. The summed E-state index contributed by atoms with van der Waals surface area (Å²) in [6, 6.07) is 6.18. The molecule has 1 N–H and O–H groups in total. The van der Waals surface area contributed by atoms with Crippen LogP contribution in [-0.4, -0.2) is 46.8 Å². The van der Waals surface area contributed by atoms with Gasteiger partial charge in [-0.25, -0.2) is 0 Å². The van der Waals surface area contributed by atoms with Gasteiger partial charge in [0, 0.05) is 12.1 Å². The summed E-state index contributed by atoms with van der Waals surface area (Å²) in [6.07, 6.45) is -7.11. The molecule has 0 aromatic heterocycles. The van der Waals surface area contributed by atoms with E-state index in [-0.39, 0.29) is 16.5 Å². The zero-order valence-corrected chi connectivity index (χ0v) is 13.3. The molecule has 9 heteroatoms. The number of aliphatic hydroxyl groups is 1. The molecule has 0 spiro atoms. The van der Waals surface area contributed by atoms with Crippen LogP contribution in [0, 0.1) is 0 Å². The first-order valence-corrected chi connectivity index (χ1v) is 7.06. The number of amides is 1. The second-order valence-electron chi connectivity index (χ2n) is 5.41. The number of ether oxygens (including phenoxy) is 2. The number of hydrogen-bond acceptors (Lipinski definition) is 5. The van der Waals surface area contributed by atoms with E-state index in [0.717, 1.165) is 0 Å². The first kappa shape index (κ1) is 18.1. The van der Waals surface area contributed by atoms with Gasteiger partial charge in [-0.2, -0.15) is 23.3 Å². The number of hydrazone groups is 1. The smallest absolute Gasteiger partial charge is 0.438 e. The van der Waals surface area contributed by atoms with Crippen molar-refractivity contribution in [2.45, 2.75) is 38.3 Å². The molecule has 0 radical (unpaired) electrons. The summed E-state index contributed by atoms with van der Waals surface area (Å²) in [5.41, 5.74) is -3.36. The maximum absolute atomic E-state index is 13.1. The lowest BCUT2D eigenvalue weighted by Gasteiger charge is -2.33. The van der Waals surface area contributed by atoms with E-state index in [1.807, 2.05) is 0 Å². The molecule has 1 aromatic carbocycles. The molecule has 0 bridgehead atoms. The number of carbonyl (C=O) groups excluding carboxylic acids is 1. The molecule has 0 saturated heterocycles. The Morgan fingerprint density at radius 3 is 2.38 bits per heavy atom. The van der Waals surface area contributed by atoms with Gasteiger partial charge in [0.2, 0.25) is 0 Å². The predicted octanol–water partition coefficient (Wildman–Crippen LogP) is 2.32. The van der Waals surface area contributed by atoms with Gasteiger partial charge in [0.25, 0.3) is 11.6 Å². The minimum Gasteiger partial charge on any atom is -0.497 e. The van der Waals surface area contributed by atoms with Gasteiger partial charge < -0.3 is 14.6 Å². The number of carbonyl (C=O) groups is 1. The largest absolute Gasteiger partial charge is 0.497 e. The minimum atomic E-state index is -5.04. The molecule has 2 rings (SSSR count). The molecule has 0 saturated carbocycles. The summed E-state index contributed by atoms with van der Waals surface area (Å²) in [4.78, 5) is 12.3. The number of methoxy groups -OCH3 is 1. The van der Waals surface area contributed by atoms with Crippen molar-refractivity contribution in [1.29, 1.82) is 0 Å². The molecule has 1 heterocycles. The Labute approximate surface area is 136 Å². The van der Waals surface area contributed by atoms with Crippen LogP contribution in [-0.2, 0) is 4.79 Å². The van der Waals surface area contributed by atoms with Gasteiger partial charge in [-0.1, -0.05) is 0 Å². The third-order valence-corrected chi connectivity index (χ3v) is 3.51. The average Bonchev–Trinajstić information content (AvgIpc) is 2.83. The second-order valence-corrected chi connectivity index (χ2v) is 5.41. The first-order chi connectivity index (χ1) is 11.1. The highest BCUT2D eigenvalue weighted by molar-refractivity contribution is 5.90. The van der Waals surface area contributed by atoms with Crippen LogP contribution in [0.25, 0.3) is 0 Å². The van der Waals surface area contributed by atoms with Gasteiger partial charge in [-0.05, 0) is 38.1 Å². The van der Waals surface area contributed by atoms with Crippen LogP contribution < -0.4 is 9.47 Å². The Morgan fingerprint density at radius 1 is 1.33 bits per heavy atom. The van der Waals surface area contributed by atoms with E-state index in [9.17, 15) is 23.1 Å². The van der Waals surface area contributed by atoms with Crippen molar-refractivity contribution in [2.75, 3.05) is 7.11 Å². The third kappa shape index (κ3) is 3.30. The van der Waals surface area contributed by atoms with Gasteiger partial charge in [0.05, 0.1) is 7.11 Å². The van der Waals surface area contributed by atoms with E-state index in [4.69, 9.17) is 9.47 Å². The Hall–Kier alpha value is -2.29. The van der Waals surface area contributed by atoms with E-state index < -0.39 is 30.3 Å². The van der Waals surface area contributed by atoms with Crippen molar-refractivity contribution in [3.8, 4) is 11.5 Å². The highest BCUT2D eigenvalue weighted by Crippen LogP contribution is 2.40. The van der Waals surface area contributed by atoms with Gasteiger partial charge in [0.1, 0.15) is 11.5 Å². The van der Waals surface area contributed by atoms with E-state index >= 15 is 0 Å². The number of alkyl halides is 3. The van der Waals surface area contributed by atoms with Crippen LogP contribution in [0.15, 0.2) is 29.4 Å². The molecule has 1 amide bonds. The first-order valence-electron chi connectivity index (χ1n) is 7.06. The minimum absolute atomic E-state index is 0.000164. The molecule has 6 nitrogen and oxygen atoms in total. The summed E-state index contributed by atoms with van der Waals surface area (Å²) >= 11 is 0. The fourth-order valence-corrected chi connectivity index (χ4v) is 2.25. The fraction of sp³-hybridized carbons (Fsp3) is 0.467. The Bertz CT molecular complexity index is 645. The zero-order chi connectivity index (χ0) is 18.1. The average molecular weight is 346 g/mol. The topological polar surface area (TPSA) is 71.4 Å². The van der Waals surface area contributed by atoms with Crippen molar-refractivity contribution in [3.05, 3.63) is 24.3 Å². The van der Waals surface area contributed by atoms with Crippen LogP contribution in [0.1, 0.15) is 20.3 Å². The normalized spacial score (nSPS) is 22.1. The van der Waals surface area contributed by atoms with Crippen LogP contribution in [0.2, 0.25) is 0 Å². The molecule has 2 atom stereocenters. The van der Waals surface area contributed by atoms with Gasteiger partial charge >= 0.3 is 6.18 Å². The summed E-state index contributed by atoms with van der Waals surface area (Å²) in [6.45, 7) is 2.59. The lowest BCUT2D eigenvalue weighted by molar-refractivity contribution is -0.303. The lowest BCUT2D eigenvalue weighted by Crippen LogP contribution is -2.58. The van der Waals surface area contributed by atoms with Crippen molar-refractivity contribution in [2.24, 2.45) is 5.10 Å². The Kier molecular flexibility index (Phi) is 4.75. The zero-order valence-electron chi connectivity index (χ0n) is 13.3.